The average molecular weight is 287 g/mol. The molecule has 1 aromatic rings. The van der Waals surface area contributed by atoms with Crippen LogP contribution >= 0.6 is 11.6 Å². The number of benzene rings is 1. The lowest BCUT2D eigenvalue weighted by Gasteiger charge is -2.21. The first kappa shape index (κ1) is 15.9. The van der Waals surface area contributed by atoms with E-state index in [4.69, 9.17) is 16.3 Å². The van der Waals surface area contributed by atoms with Gasteiger partial charge in [0.1, 0.15) is 0 Å². The van der Waals surface area contributed by atoms with E-state index in [9.17, 15) is 10.1 Å². The van der Waals surface area contributed by atoms with Crippen LogP contribution in [0.2, 0.25) is 5.02 Å². The summed E-state index contributed by atoms with van der Waals surface area (Å²) in [5, 5.41) is 14.6. The molecule has 0 aliphatic rings. The van der Waals surface area contributed by atoms with Crippen molar-refractivity contribution in [3.63, 3.8) is 0 Å². The second-order valence-electron chi connectivity index (χ2n) is 4.68. The van der Waals surface area contributed by atoms with Gasteiger partial charge in [-0.2, -0.15) is 0 Å². The van der Waals surface area contributed by atoms with Crippen LogP contribution in [0.1, 0.15) is 19.4 Å². The second kappa shape index (κ2) is 7.43. The van der Waals surface area contributed by atoms with E-state index in [1.807, 2.05) is 0 Å². The Morgan fingerprint density at radius 3 is 2.68 bits per heavy atom. The number of hydrogen-bond donors (Lipinski definition) is 1. The molecular weight excluding hydrogens is 268 g/mol. The Hall–Kier alpha value is -1.17. The highest BCUT2D eigenvalue weighted by Crippen LogP contribution is 2.26. The number of methoxy groups -OCH3 is 1. The quantitative estimate of drug-likeness (QED) is 0.618. The van der Waals surface area contributed by atoms with Crippen molar-refractivity contribution in [1.29, 1.82) is 0 Å². The normalized spacial score (nSPS) is 12.7. The number of ether oxygens (including phenoxy) is 1. The number of hydrogen-bond acceptors (Lipinski definition) is 4. The predicted octanol–water partition coefficient (Wildman–Crippen LogP) is 3.01. The molecule has 19 heavy (non-hydrogen) atoms. The maximum Gasteiger partial charge on any atom is 0.275 e. The minimum Gasteiger partial charge on any atom is -0.383 e. The van der Waals surface area contributed by atoms with Crippen molar-refractivity contribution in [3.8, 4) is 0 Å². The molecule has 0 amide bonds. The molecular formula is C13H19ClN2O3. The van der Waals surface area contributed by atoms with Crippen LogP contribution < -0.4 is 5.32 Å². The predicted molar refractivity (Wildman–Crippen MR) is 75.4 cm³/mol. The molecule has 6 heteroatoms. The Kier molecular flexibility index (Phi) is 6.21. The van der Waals surface area contributed by atoms with Crippen molar-refractivity contribution in [3.05, 3.63) is 38.9 Å². The van der Waals surface area contributed by atoms with Gasteiger partial charge in [-0.15, -0.1) is 0 Å². The maximum absolute atomic E-state index is 11.0. The summed E-state index contributed by atoms with van der Waals surface area (Å²) in [6.45, 7) is 5.04. The summed E-state index contributed by atoms with van der Waals surface area (Å²) >= 11 is 6.04. The fourth-order valence-corrected chi connectivity index (χ4v) is 2.03. The number of nitrogens with zero attached hydrogens (tertiary/aromatic N) is 1. The standard InChI is InChI=1S/C13H19ClN2O3/c1-9(2)12(8-19-3)15-7-10-11(14)5-4-6-13(10)16(17)18/h4-6,9,12,15H,7-8H2,1-3H3. The van der Waals surface area contributed by atoms with Gasteiger partial charge in [-0.25, -0.2) is 0 Å². The molecule has 1 unspecified atom stereocenters. The molecule has 1 atom stereocenters. The molecule has 0 aliphatic heterocycles. The van der Waals surface area contributed by atoms with Gasteiger partial charge >= 0.3 is 0 Å². The van der Waals surface area contributed by atoms with Crippen LogP contribution in [0.25, 0.3) is 0 Å². The number of nitro groups is 1. The van der Waals surface area contributed by atoms with E-state index >= 15 is 0 Å². The van der Waals surface area contributed by atoms with Crippen molar-refractivity contribution in [2.75, 3.05) is 13.7 Å². The summed E-state index contributed by atoms with van der Waals surface area (Å²) in [5.41, 5.74) is 0.552. The van der Waals surface area contributed by atoms with Gasteiger partial charge in [0, 0.05) is 25.8 Å². The molecule has 0 bridgehead atoms. The van der Waals surface area contributed by atoms with E-state index in [1.54, 1.807) is 19.2 Å². The Balaban J connectivity index is 2.84. The monoisotopic (exact) mass is 286 g/mol. The zero-order chi connectivity index (χ0) is 14.4. The van der Waals surface area contributed by atoms with E-state index in [0.717, 1.165) is 0 Å². The minimum atomic E-state index is -0.413. The summed E-state index contributed by atoms with van der Waals surface area (Å²) in [7, 11) is 1.63. The van der Waals surface area contributed by atoms with Gasteiger partial charge in [0.2, 0.25) is 0 Å². The van der Waals surface area contributed by atoms with Crippen LogP contribution in [0.4, 0.5) is 5.69 Å². The topological polar surface area (TPSA) is 64.4 Å². The largest absolute Gasteiger partial charge is 0.383 e. The smallest absolute Gasteiger partial charge is 0.275 e. The molecule has 0 spiro atoms. The van der Waals surface area contributed by atoms with E-state index in [0.29, 0.717) is 29.7 Å². The molecule has 106 valence electrons. The Bertz CT molecular complexity index is 438. The Labute approximate surface area is 118 Å². The van der Waals surface area contributed by atoms with E-state index in [-0.39, 0.29) is 11.7 Å². The first-order chi connectivity index (χ1) is 8.97. The van der Waals surface area contributed by atoms with E-state index < -0.39 is 4.92 Å². The summed E-state index contributed by atoms with van der Waals surface area (Å²) < 4.78 is 5.13. The fourth-order valence-electron chi connectivity index (χ4n) is 1.79. The van der Waals surface area contributed by atoms with E-state index in [2.05, 4.69) is 19.2 Å². The lowest BCUT2D eigenvalue weighted by Crippen LogP contribution is -2.37. The molecule has 1 N–H and O–H groups in total. The minimum absolute atomic E-state index is 0.0416. The second-order valence-corrected chi connectivity index (χ2v) is 5.09. The molecule has 0 aliphatic carbocycles. The number of halogens is 1. The number of rotatable bonds is 7. The molecule has 1 rings (SSSR count). The van der Waals surface area contributed by atoms with Gasteiger partial charge in [-0.3, -0.25) is 10.1 Å². The molecule has 0 fully saturated rings. The highest BCUT2D eigenvalue weighted by atomic mass is 35.5. The first-order valence-electron chi connectivity index (χ1n) is 6.11. The van der Waals surface area contributed by atoms with Crippen LogP contribution in [0.3, 0.4) is 0 Å². The van der Waals surface area contributed by atoms with Gasteiger partial charge in [-0.1, -0.05) is 31.5 Å². The van der Waals surface area contributed by atoms with Crippen LogP contribution in [-0.4, -0.2) is 24.7 Å². The maximum atomic E-state index is 11.0. The number of nitro benzene ring substituents is 1. The molecule has 1 aromatic carbocycles. The summed E-state index contributed by atoms with van der Waals surface area (Å²) in [5.74, 6) is 0.362. The molecule has 0 saturated carbocycles. The molecule has 0 saturated heterocycles. The van der Waals surface area contributed by atoms with Crippen LogP contribution in [-0.2, 0) is 11.3 Å². The lowest BCUT2D eigenvalue weighted by molar-refractivity contribution is -0.385. The van der Waals surface area contributed by atoms with E-state index in [1.165, 1.54) is 6.07 Å². The van der Waals surface area contributed by atoms with Crippen molar-refractivity contribution in [1.82, 2.24) is 5.32 Å². The summed E-state index contributed by atoms with van der Waals surface area (Å²) in [4.78, 5) is 10.6. The highest BCUT2D eigenvalue weighted by Gasteiger charge is 2.19. The molecule has 0 radical (unpaired) electrons. The van der Waals surface area contributed by atoms with Crippen molar-refractivity contribution in [2.24, 2.45) is 5.92 Å². The Morgan fingerprint density at radius 2 is 2.16 bits per heavy atom. The van der Waals surface area contributed by atoms with Gasteiger partial charge in [0.15, 0.2) is 0 Å². The van der Waals surface area contributed by atoms with Gasteiger partial charge in [0.05, 0.1) is 22.1 Å². The highest BCUT2D eigenvalue weighted by molar-refractivity contribution is 6.31. The van der Waals surface area contributed by atoms with Crippen molar-refractivity contribution < 1.29 is 9.66 Å². The van der Waals surface area contributed by atoms with Gasteiger partial charge in [0.25, 0.3) is 5.69 Å². The lowest BCUT2D eigenvalue weighted by atomic mass is 10.0. The van der Waals surface area contributed by atoms with Crippen LogP contribution in [0, 0.1) is 16.0 Å². The third-order valence-corrected chi connectivity index (χ3v) is 3.34. The third-order valence-electron chi connectivity index (χ3n) is 2.98. The SMILES string of the molecule is COCC(NCc1c(Cl)cccc1[N+](=O)[O-])C(C)C. The molecule has 0 aromatic heterocycles. The molecule has 0 heterocycles. The Morgan fingerprint density at radius 1 is 1.47 bits per heavy atom. The average Bonchev–Trinajstić information content (AvgIpc) is 2.34. The van der Waals surface area contributed by atoms with Crippen molar-refractivity contribution in [2.45, 2.75) is 26.4 Å². The zero-order valence-corrected chi connectivity index (χ0v) is 12.1. The van der Waals surface area contributed by atoms with Gasteiger partial charge in [-0.05, 0) is 12.0 Å². The summed E-state index contributed by atoms with van der Waals surface area (Å²) in [6.07, 6.45) is 0. The first-order valence-corrected chi connectivity index (χ1v) is 6.49. The fraction of sp³-hybridized carbons (Fsp3) is 0.538. The van der Waals surface area contributed by atoms with Gasteiger partial charge < -0.3 is 10.1 Å². The van der Waals surface area contributed by atoms with Crippen LogP contribution in [0.5, 0.6) is 0 Å². The molecule has 5 nitrogen and oxygen atoms in total. The third kappa shape index (κ3) is 4.45. The number of nitrogens with one attached hydrogen (secondary N) is 1. The van der Waals surface area contributed by atoms with Crippen molar-refractivity contribution >= 4 is 17.3 Å². The summed E-state index contributed by atoms with van der Waals surface area (Å²) in [6, 6.07) is 4.83. The zero-order valence-electron chi connectivity index (χ0n) is 11.4. The van der Waals surface area contributed by atoms with Crippen LogP contribution in [0.15, 0.2) is 18.2 Å².